The number of hydrogen-bond acceptors (Lipinski definition) is 2. The van der Waals surface area contributed by atoms with Crippen LogP contribution in [0.3, 0.4) is 0 Å². The van der Waals surface area contributed by atoms with Crippen molar-refractivity contribution in [2.75, 3.05) is 5.32 Å². The van der Waals surface area contributed by atoms with Crippen molar-refractivity contribution in [3.8, 4) is 5.75 Å². The summed E-state index contributed by atoms with van der Waals surface area (Å²) in [6.45, 7) is 4.16. The second-order valence-electron chi connectivity index (χ2n) is 7.65. The maximum atomic E-state index is 6.12. The first-order valence-corrected chi connectivity index (χ1v) is 9.51. The summed E-state index contributed by atoms with van der Waals surface area (Å²) in [5.41, 5.74) is 5.07. The van der Waals surface area contributed by atoms with Crippen molar-refractivity contribution in [1.82, 2.24) is 4.98 Å². The average molecular weight is 344 g/mol. The zero-order chi connectivity index (χ0) is 17.7. The van der Waals surface area contributed by atoms with Crippen LogP contribution >= 0.6 is 0 Å². The van der Waals surface area contributed by atoms with Gasteiger partial charge >= 0.3 is 0 Å². The first-order chi connectivity index (χ1) is 12.7. The number of allylic oxidation sites excluding steroid dienone is 2. The molecule has 26 heavy (non-hydrogen) atoms. The molecule has 3 aromatic rings. The predicted octanol–water partition coefficient (Wildman–Crippen LogP) is 5.78. The number of ether oxygens (including phenoxy) is 1. The molecule has 2 aromatic carbocycles. The predicted molar refractivity (Wildman–Crippen MR) is 107 cm³/mol. The highest BCUT2D eigenvalue weighted by Gasteiger charge is 2.39. The average Bonchev–Trinajstić information content (AvgIpc) is 3.28. The van der Waals surface area contributed by atoms with E-state index >= 15 is 0 Å². The Morgan fingerprint density at radius 3 is 2.81 bits per heavy atom. The molecule has 3 unspecified atom stereocenters. The Labute approximate surface area is 154 Å². The van der Waals surface area contributed by atoms with Crippen LogP contribution in [0.5, 0.6) is 5.75 Å². The summed E-state index contributed by atoms with van der Waals surface area (Å²) in [5.74, 6) is 1.94. The Hall–Kier alpha value is -2.68. The fourth-order valence-electron chi connectivity index (χ4n) is 4.60. The molecule has 1 aliphatic carbocycles. The summed E-state index contributed by atoms with van der Waals surface area (Å²) in [6, 6.07) is 15.3. The molecule has 0 radical (unpaired) electrons. The van der Waals surface area contributed by atoms with E-state index in [1.54, 1.807) is 0 Å². The molecule has 0 fully saturated rings. The van der Waals surface area contributed by atoms with Gasteiger partial charge in [-0.15, -0.1) is 0 Å². The lowest BCUT2D eigenvalue weighted by molar-refractivity contribution is 0.242. The second-order valence-corrected chi connectivity index (χ2v) is 7.65. The minimum absolute atomic E-state index is 0.159. The third-order valence-electron chi connectivity index (χ3n) is 5.68. The van der Waals surface area contributed by atoms with Crippen molar-refractivity contribution in [1.29, 1.82) is 0 Å². The van der Waals surface area contributed by atoms with Gasteiger partial charge in [0.05, 0.1) is 17.8 Å². The number of fused-ring (bicyclic) bond motifs is 4. The number of aromatic nitrogens is 1. The molecule has 5 rings (SSSR count). The zero-order valence-corrected chi connectivity index (χ0v) is 15.2. The van der Waals surface area contributed by atoms with Gasteiger partial charge in [0.25, 0.3) is 0 Å². The standard InChI is InChI=1S/C23H24N2O/c1-14(2)26-21-12-6-10-18-15-8-5-9-17(15)22(25-23(18)21)19-13-24-20-11-4-3-7-16(19)20/h3-8,10-15,17,22,24-25H,9H2,1-2H3. The molecule has 3 atom stereocenters. The summed E-state index contributed by atoms with van der Waals surface area (Å²) in [7, 11) is 0. The van der Waals surface area contributed by atoms with Crippen LogP contribution in [0.25, 0.3) is 10.9 Å². The molecule has 2 aliphatic rings. The number of hydrogen-bond donors (Lipinski definition) is 2. The molecule has 0 saturated carbocycles. The van der Waals surface area contributed by atoms with Gasteiger partial charge in [0.15, 0.2) is 0 Å². The van der Waals surface area contributed by atoms with E-state index in [1.165, 1.54) is 22.0 Å². The van der Waals surface area contributed by atoms with E-state index in [0.717, 1.165) is 17.9 Å². The lowest BCUT2D eigenvalue weighted by atomic mass is 9.77. The summed E-state index contributed by atoms with van der Waals surface area (Å²) in [4.78, 5) is 3.44. The molecule has 1 aromatic heterocycles. The number of H-pyrrole nitrogens is 1. The van der Waals surface area contributed by atoms with Crippen LogP contribution in [0, 0.1) is 5.92 Å². The van der Waals surface area contributed by atoms with Gasteiger partial charge in [-0.05, 0) is 49.4 Å². The van der Waals surface area contributed by atoms with Crippen molar-refractivity contribution >= 4 is 16.6 Å². The number of anilines is 1. The fraction of sp³-hybridized carbons (Fsp3) is 0.304. The lowest BCUT2D eigenvalue weighted by Crippen LogP contribution is -2.29. The van der Waals surface area contributed by atoms with E-state index in [1.807, 2.05) is 0 Å². The molecule has 0 amide bonds. The molecule has 3 heteroatoms. The van der Waals surface area contributed by atoms with Crippen LogP contribution < -0.4 is 10.1 Å². The van der Waals surface area contributed by atoms with Gasteiger partial charge < -0.3 is 15.0 Å². The lowest BCUT2D eigenvalue weighted by Gasteiger charge is -2.38. The Balaban J connectivity index is 1.64. The highest BCUT2D eigenvalue weighted by molar-refractivity contribution is 5.84. The maximum absolute atomic E-state index is 6.12. The molecule has 0 bridgehead atoms. The number of rotatable bonds is 3. The van der Waals surface area contributed by atoms with Gasteiger partial charge in [0.2, 0.25) is 0 Å². The Morgan fingerprint density at radius 2 is 1.92 bits per heavy atom. The fourth-order valence-corrected chi connectivity index (χ4v) is 4.60. The molecule has 132 valence electrons. The van der Waals surface area contributed by atoms with E-state index in [-0.39, 0.29) is 12.1 Å². The van der Waals surface area contributed by atoms with Crippen LogP contribution in [-0.4, -0.2) is 11.1 Å². The van der Waals surface area contributed by atoms with E-state index in [4.69, 9.17) is 4.74 Å². The Morgan fingerprint density at radius 1 is 1.04 bits per heavy atom. The molecule has 2 heterocycles. The van der Waals surface area contributed by atoms with E-state index < -0.39 is 0 Å². The van der Waals surface area contributed by atoms with Gasteiger partial charge in [0.1, 0.15) is 5.75 Å². The van der Waals surface area contributed by atoms with Crippen LogP contribution in [-0.2, 0) is 0 Å². The highest BCUT2D eigenvalue weighted by atomic mass is 16.5. The number of aromatic amines is 1. The topological polar surface area (TPSA) is 37.0 Å². The van der Waals surface area contributed by atoms with Crippen molar-refractivity contribution < 1.29 is 4.74 Å². The van der Waals surface area contributed by atoms with Gasteiger partial charge in [-0.25, -0.2) is 0 Å². The quantitative estimate of drug-likeness (QED) is 0.591. The molecule has 0 saturated heterocycles. The van der Waals surface area contributed by atoms with Gasteiger partial charge in [0, 0.05) is 23.0 Å². The first kappa shape index (κ1) is 15.6. The zero-order valence-electron chi connectivity index (χ0n) is 15.2. The number of nitrogens with one attached hydrogen (secondary N) is 2. The van der Waals surface area contributed by atoms with Gasteiger partial charge in [-0.1, -0.05) is 42.5 Å². The molecular formula is C23H24N2O. The largest absolute Gasteiger partial charge is 0.489 e. The second kappa shape index (κ2) is 5.94. The molecular weight excluding hydrogens is 320 g/mol. The van der Waals surface area contributed by atoms with Crippen LogP contribution in [0.15, 0.2) is 60.8 Å². The monoisotopic (exact) mass is 344 g/mol. The smallest absolute Gasteiger partial charge is 0.143 e. The van der Waals surface area contributed by atoms with Crippen molar-refractivity contribution in [3.05, 3.63) is 71.9 Å². The van der Waals surface area contributed by atoms with Crippen molar-refractivity contribution in [2.45, 2.75) is 38.3 Å². The highest BCUT2D eigenvalue weighted by Crippen LogP contribution is 2.53. The molecule has 2 N–H and O–H groups in total. The maximum Gasteiger partial charge on any atom is 0.143 e. The third kappa shape index (κ3) is 2.34. The Bertz CT molecular complexity index is 985. The van der Waals surface area contributed by atoms with Crippen molar-refractivity contribution in [3.63, 3.8) is 0 Å². The summed E-state index contributed by atoms with van der Waals surface area (Å²) in [5, 5.41) is 5.16. The number of para-hydroxylation sites is 2. The van der Waals surface area contributed by atoms with Crippen LogP contribution in [0.1, 0.15) is 43.4 Å². The SMILES string of the molecule is CC(C)Oc1cccc2c1NC(c1c[nH]c3ccccc13)C1CC=CC21. The molecule has 0 spiro atoms. The van der Waals surface area contributed by atoms with Gasteiger partial charge in [-0.3, -0.25) is 0 Å². The normalized spacial score (nSPS) is 23.7. The minimum atomic E-state index is 0.159. The van der Waals surface area contributed by atoms with E-state index in [0.29, 0.717) is 11.8 Å². The molecule has 3 nitrogen and oxygen atoms in total. The minimum Gasteiger partial charge on any atom is -0.489 e. The van der Waals surface area contributed by atoms with Gasteiger partial charge in [-0.2, -0.15) is 0 Å². The Kier molecular flexibility index (Phi) is 3.56. The van der Waals surface area contributed by atoms with Crippen LogP contribution in [0.2, 0.25) is 0 Å². The van der Waals surface area contributed by atoms with E-state index in [9.17, 15) is 0 Å². The summed E-state index contributed by atoms with van der Waals surface area (Å²) < 4.78 is 6.12. The van der Waals surface area contributed by atoms with Crippen molar-refractivity contribution in [2.24, 2.45) is 5.92 Å². The molecule has 1 aliphatic heterocycles. The summed E-state index contributed by atoms with van der Waals surface area (Å²) in [6.07, 6.45) is 8.16. The summed E-state index contributed by atoms with van der Waals surface area (Å²) >= 11 is 0. The van der Waals surface area contributed by atoms with Crippen LogP contribution in [0.4, 0.5) is 5.69 Å². The van der Waals surface area contributed by atoms with E-state index in [2.05, 4.69) is 85.0 Å². The third-order valence-corrected chi connectivity index (χ3v) is 5.68. The number of benzene rings is 2. The first-order valence-electron chi connectivity index (χ1n) is 9.51.